The summed E-state index contributed by atoms with van der Waals surface area (Å²) in [6.45, 7) is 0.858. The molecule has 0 amide bonds. The molecule has 2 N–H and O–H groups in total. The van der Waals surface area contributed by atoms with E-state index < -0.39 is 10.7 Å². The van der Waals surface area contributed by atoms with Crippen LogP contribution in [0.3, 0.4) is 0 Å². The fourth-order valence-electron chi connectivity index (χ4n) is 2.46. The molecular weight excluding hydrogens is 285 g/mol. The molecule has 20 heavy (non-hydrogen) atoms. The van der Waals surface area contributed by atoms with E-state index in [0.717, 1.165) is 18.9 Å². The normalized spacial score (nSPS) is 15.8. The van der Waals surface area contributed by atoms with Crippen LogP contribution in [0.5, 0.6) is 0 Å². The van der Waals surface area contributed by atoms with E-state index in [0.29, 0.717) is 24.6 Å². The smallest absolute Gasteiger partial charge is 0.274 e. The van der Waals surface area contributed by atoms with Crippen molar-refractivity contribution in [3.8, 4) is 0 Å². The van der Waals surface area contributed by atoms with Gasteiger partial charge in [-0.1, -0.05) is 0 Å². The minimum atomic E-state index is -0.475. The van der Waals surface area contributed by atoms with Crippen molar-refractivity contribution in [3.05, 3.63) is 39.7 Å². The molecule has 0 aliphatic heterocycles. The first-order valence-corrected chi connectivity index (χ1v) is 6.36. The van der Waals surface area contributed by atoms with Gasteiger partial charge >= 0.3 is 0 Å². The molecule has 1 fully saturated rings. The summed E-state index contributed by atoms with van der Waals surface area (Å²) in [6, 6.07) is 3.77. The lowest BCUT2D eigenvalue weighted by molar-refractivity contribution is -0.385. The number of benzene rings is 1. The first-order chi connectivity index (χ1) is 9.02. The number of halogens is 2. The van der Waals surface area contributed by atoms with Crippen LogP contribution in [-0.2, 0) is 6.54 Å². The largest absolute Gasteiger partial charge is 0.329 e. The van der Waals surface area contributed by atoms with Gasteiger partial charge in [-0.15, -0.1) is 12.4 Å². The van der Waals surface area contributed by atoms with Crippen molar-refractivity contribution < 1.29 is 9.31 Å². The summed E-state index contributed by atoms with van der Waals surface area (Å²) >= 11 is 0. The third-order valence-electron chi connectivity index (χ3n) is 3.63. The van der Waals surface area contributed by atoms with Crippen molar-refractivity contribution in [2.24, 2.45) is 11.7 Å². The van der Waals surface area contributed by atoms with Gasteiger partial charge in [0.2, 0.25) is 0 Å². The van der Waals surface area contributed by atoms with E-state index in [1.165, 1.54) is 12.1 Å². The molecule has 112 valence electrons. The molecule has 0 aromatic heterocycles. The van der Waals surface area contributed by atoms with Gasteiger partial charge in [0.05, 0.1) is 4.92 Å². The highest BCUT2D eigenvalue weighted by Gasteiger charge is 2.33. The second-order valence-electron chi connectivity index (χ2n) is 5.09. The van der Waals surface area contributed by atoms with Crippen molar-refractivity contribution in [1.82, 2.24) is 4.90 Å². The van der Waals surface area contributed by atoms with Crippen molar-refractivity contribution in [3.63, 3.8) is 0 Å². The zero-order valence-electron chi connectivity index (χ0n) is 11.3. The lowest BCUT2D eigenvalue weighted by Crippen LogP contribution is -2.39. The van der Waals surface area contributed by atoms with Crippen LogP contribution in [0, 0.1) is 21.8 Å². The molecule has 2 rings (SSSR count). The predicted molar refractivity (Wildman–Crippen MR) is 77.3 cm³/mol. The van der Waals surface area contributed by atoms with Gasteiger partial charge in [-0.2, -0.15) is 0 Å². The maximum Gasteiger partial charge on any atom is 0.274 e. The van der Waals surface area contributed by atoms with Gasteiger partial charge in [-0.25, -0.2) is 4.39 Å². The van der Waals surface area contributed by atoms with E-state index in [4.69, 9.17) is 5.73 Å². The topological polar surface area (TPSA) is 72.4 Å². The minimum absolute atomic E-state index is 0. The SMILES string of the molecule is CN(Cc1cc(F)ccc1[N+](=O)[O-])C(CN)C1CC1.Cl. The van der Waals surface area contributed by atoms with Gasteiger partial charge in [-0.05, 0) is 37.9 Å². The molecule has 1 aromatic rings. The Hall–Kier alpha value is -1.24. The second-order valence-corrected chi connectivity index (χ2v) is 5.09. The van der Waals surface area contributed by atoms with Crippen LogP contribution in [0.2, 0.25) is 0 Å². The third kappa shape index (κ3) is 3.88. The average Bonchev–Trinajstić information content (AvgIpc) is 3.14. The predicted octanol–water partition coefficient (Wildman–Crippen LogP) is 2.32. The van der Waals surface area contributed by atoms with Gasteiger partial charge in [-0.3, -0.25) is 15.0 Å². The van der Waals surface area contributed by atoms with Crippen LogP contribution in [0.15, 0.2) is 18.2 Å². The molecule has 1 atom stereocenters. The lowest BCUT2D eigenvalue weighted by atomic mass is 10.1. The molecular formula is C13H19ClFN3O2. The van der Waals surface area contributed by atoms with Crippen LogP contribution < -0.4 is 5.73 Å². The van der Waals surface area contributed by atoms with E-state index >= 15 is 0 Å². The Morgan fingerprint density at radius 2 is 2.20 bits per heavy atom. The van der Waals surface area contributed by atoms with Gasteiger partial charge in [0.1, 0.15) is 5.82 Å². The summed E-state index contributed by atoms with van der Waals surface area (Å²) in [6.07, 6.45) is 2.30. The molecule has 0 radical (unpaired) electrons. The van der Waals surface area contributed by atoms with E-state index in [1.54, 1.807) is 0 Å². The van der Waals surface area contributed by atoms with Gasteiger partial charge in [0.25, 0.3) is 5.69 Å². The van der Waals surface area contributed by atoms with Crippen molar-refractivity contribution >= 4 is 18.1 Å². The van der Waals surface area contributed by atoms with E-state index in [1.807, 2.05) is 11.9 Å². The number of likely N-dealkylation sites (N-methyl/N-ethyl adjacent to an activating group) is 1. The first-order valence-electron chi connectivity index (χ1n) is 6.36. The Morgan fingerprint density at radius 1 is 1.55 bits per heavy atom. The highest BCUT2D eigenvalue weighted by atomic mass is 35.5. The molecule has 1 aromatic carbocycles. The number of nitrogens with zero attached hydrogens (tertiary/aromatic N) is 2. The number of nitrogens with two attached hydrogens (primary N) is 1. The van der Waals surface area contributed by atoms with Crippen molar-refractivity contribution in [1.29, 1.82) is 0 Å². The zero-order valence-corrected chi connectivity index (χ0v) is 12.1. The summed E-state index contributed by atoms with van der Waals surface area (Å²) in [5.74, 6) is 0.118. The molecule has 0 bridgehead atoms. The Bertz CT molecular complexity index is 483. The van der Waals surface area contributed by atoms with Gasteiger partial charge in [0, 0.05) is 30.8 Å². The monoisotopic (exact) mass is 303 g/mol. The average molecular weight is 304 g/mol. The van der Waals surface area contributed by atoms with E-state index in [9.17, 15) is 14.5 Å². The molecule has 0 spiro atoms. The zero-order chi connectivity index (χ0) is 14.0. The summed E-state index contributed by atoms with van der Waals surface area (Å²) in [7, 11) is 1.88. The Kier molecular flexibility index (Phi) is 5.86. The number of rotatable bonds is 6. The molecule has 1 aliphatic rings. The van der Waals surface area contributed by atoms with Crippen LogP contribution >= 0.6 is 12.4 Å². The van der Waals surface area contributed by atoms with Crippen LogP contribution in [0.1, 0.15) is 18.4 Å². The molecule has 1 unspecified atom stereocenters. The molecule has 1 saturated carbocycles. The van der Waals surface area contributed by atoms with Gasteiger partial charge < -0.3 is 5.73 Å². The fraction of sp³-hybridized carbons (Fsp3) is 0.538. The third-order valence-corrected chi connectivity index (χ3v) is 3.63. The summed E-state index contributed by atoms with van der Waals surface area (Å²) in [4.78, 5) is 12.5. The molecule has 0 heterocycles. The second kappa shape index (κ2) is 6.97. The maximum atomic E-state index is 13.2. The van der Waals surface area contributed by atoms with Crippen LogP contribution in [0.4, 0.5) is 10.1 Å². The Labute approximate surface area is 123 Å². The summed E-state index contributed by atoms with van der Waals surface area (Å²) in [5, 5.41) is 10.9. The Morgan fingerprint density at radius 3 is 2.70 bits per heavy atom. The van der Waals surface area contributed by atoms with Crippen molar-refractivity contribution in [2.45, 2.75) is 25.4 Å². The molecule has 0 saturated heterocycles. The van der Waals surface area contributed by atoms with Crippen LogP contribution in [-0.4, -0.2) is 29.5 Å². The molecule has 5 nitrogen and oxygen atoms in total. The number of hydrogen-bond acceptors (Lipinski definition) is 4. The first kappa shape index (κ1) is 16.8. The number of nitro benzene ring substituents is 1. The standard InChI is InChI=1S/C13H18FN3O2.ClH/c1-16(13(7-15)9-2-3-9)8-10-6-11(14)4-5-12(10)17(18)19;/h4-6,9,13H,2-3,7-8,15H2,1H3;1H. The van der Waals surface area contributed by atoms with E-state index in [2.05, 4.69) is 0 Å². The van der Waals surface area contributed by atoms with Crippen molar-refractivity contribution in [2.75, 3.05) is 13.6 Å². The molecule has 7 heteroatoms. The minimum Gasteiger partial charge on any atom is -0.329 e. The number of hydrogen-bond donors (Lipinski definition) is 1. The Balaban J connectivity index is 0.00000200. The number of nitro groups is 1. The summed E-state index contributed by atoms with van der Waals surface area (Å²) < 4.78 is 13.2. The van der Waals surface area contributed by atoms with Crippen LogP contribution in [0.25, 0.3) is 0 Å². The highest BCUT2D eigenvalue weighted by Crippen LogP contribution is 2.35. The lowest BCUT2D eigenvalue weighted by Gasteiger charge is -2.26. The summed E-state index contributed by atoms with van der Waals surface area (Å²) in [5.41, 5.74) is 6.10. The fourth-order valence-corrected chi connectivity index (χ4v) is 2.46. The maximum absolute atomic E-state index is 13.2. The highest BCUT2D eigenvalue weighted by molar-refractivity contribution is 5.85. The van der Waals surface area contributed by atoms with E-state index in [-0.39, 0.29) is 24.1 Å². The van der Waals surface area contributed by atoms with Gasteiger partial charge in [0.15, 0.2) is 0 Å². The molecule has 1 aliphatic carbocycles. The quantitative estimate of drug-likeness (QED) is 0.646.